The van der Waals surface area contributed by atoms with Crippen molar-refractivity contribution >= 4 is 22.6 Å². The lowest BCUT2D eigenvalue weighted by Crippen LogP contribution is -2.19. The second kappa shape index (κ2) is 8.15. The number of aromatic nitrogens is 5. The van der Waals surface area contributed by atoms with Crippen LogP contribution in [0.15, 0.2) is 42.9 Å². The average molecular weight is 464 g/mol. The van der Waals surface area contributed by atoms with Crippen LogP contribution in [0.1, 0.15) is 60.7 Å². The van der Waals surface area contributed by atoms with Gasteiger partial charge in [0.05, 0.1) is 29.6 Å². The Balaban J connectivity index is 1.39. The molecule has 0 bridgehead atoms. The molecule has 1 saturated heterocycles. The van der Waals surface area contributed by atoms with Gasteiger partial charge in [-0.3, -0.25) is 9.67 Å². The molecule has 2 atom stereocenters. The Labute approximate surface area is 195 Å². The highest BCUT2D eigenvalue weighted by molar-refractivity contribution is 6.30. The summed E-state index contributed by atoms with van der Waals surface area (Å²) in [4.78, 5) is 14.1. The van der Waals surface area contributed by atoms with Gasteiger partial charge in [-0.2, -0.15) is 5.10 Å². The molecule has 6 rings (SSSR count). The zero-order valence-corrected chi connectivity index (χ0v) is 19.0. The van der Waals surface area contributed by atoms with E-state index < -0.39 is 5.82 Å². The standard InChI is InChI=1S/C25H23ClFN5O/c1-14-11-28-25-22(30-14)10-21(31-24(25)19-5-2-17(26)9-20(19)27)15-6-7-33-23(8-15)16-12-29-32(13-16)18-3-4-18/h2,5,9-13,15,18,23H,3-4,6-8H2,1H3/t15-,23-/m0/s1. The van der Waals surface area contributed by atoms with E-state index in [0.717, 1.165) is 29.8 Å². The molecule has 0 amide bonds. The summed E-state index contributed by atoms with van der Waals surface area (Å²) in [5.41, 5.74) is 4.96. The molecule has 2 aliphatic rings. The minimum Gasteiger partial charge on any atom is -0.373 e. The lowest BCUT2D eigenvalue weighted by atomic mass is 9.89. The summed E-state index contributed by atoms with van der Waals surface area (Å²) in [5.74, 6) is -0.262. The molecule has 1 saturated carbocycles. The van der Waals surface area contributed by atoms with Crippen molar-refractivity contribution in [1.82, 2.24) is 24.7 Å². The molecule has 3 aromatic heterocycles. The van der Waals surface area contributed by atoms with E-state index in [9.17, 15) is 4.39 Å². The Hall–Kier alpha value is -2.90. The number of hydrogen-bond acceptors (Lipinski definition) is 5. The van der Waals surface area contributed by atoms with Gasteiger partial charge in [0.2, 0.25) is 0 Å². The number of halogens is 2. The Morgan fingerprint density at radius 2 is 2.00 bits per heavy atom. The van der Waals surface area contributed by atoms with Crippen molar-refractivity contribution in [3.05, 3.63) is 70.6 Å². The molecule has 6 nitrogen and oxygen atoms in total. The van der Waals surface area contributed by atoms with Gasteiger partial charge in [-0.05, 0) is 56.9 Å². The predicted octanol–water partition coefficient (Wildman–Crippen LogP) is 5.96. The van der Waals surface area contributed by atoms with Gasteiger partial charge < -0.3 is 4.74 Å². The van der Waals surface area contributed by atoms with Gasteiger partial charge in [0.15, 0.2) is 0 Å². The lowest BCUT2D eigenvalue weighted by molar-refractivity contribution is 0.00462. The van der Waals surface area contributed by atoms with E-state index in [2.05, 4.69) is 25.9 Å². The van der Waals surface area contributed by atoms with Crippen LogP contribution in [0.2, 0.25) is 5.02 Å². The second-order valence-electron chi connectivity index (χ2n) is 8.96. The maximum Gasteiger partial charge on any atom is 0.134 e. The first-order valence-electron chi connectivity index (χ1n) is 11.3. The van der Waals surface area contributed by atoms with Gasteiger partial charge in [-0.1, -0.05) is 11.6 Å². The van der Waals surface area contributed by atoms with Crippen LogP contribution < -0.4 is 0 Å². The zero-order chi connectivity index (χ0) is 22.5. The molecule has 4 aromatic rings. The van der Waals surface area contributed by atoms with Crippen molar-refractivity contribution in [2.24, 2.45) is 0 Å². The molecule has 168 valence electrons. The Kier molecular flexibility index (Phi) is 5.11. The summed E-state index contributed by atoms with van der Waals surface area (Å²) >= 11 is 5.99. The number of fused-ring (bicyclic) bond motifs is 1. The highest BCUT2D eigenvalue weighted by Gasteiger charge is 2.30. The van der Waals surface area contributed by atoms with E-state index in [1.807, 2.05) is 19.2 Å². The van der Waals surface area contributed by atoms with Gasteiger partial charge in [0, 0.05) is 46.8 Å². The fraction of sp³-hybridized carbons (Fsp3) is 0.360. The smallest absolute Gasteiger partial charge is 0.134 e. The number of benzene rings is 1. The molecule has 4 heterocycles. The number of hydrogen-bond donors (Lipinski definition) is 0. The van der Waals surface area contributed by atoms with Crippen molar-refractivity contribution < 1.29 is 9.13 Å². The molecule has 1 aliphatic carbocycles. The number of pyridine rings is 1. The molecule has 0 spiro atoms. The van der Waals surface area contributed by atoms with E-state index in [1.165, 1.54) is 18.9 Å². The molecule has 0 radical (unpaired) electrons. The van der Waals surface area contributed by atoms with Crippen LogP contribution in [0.5, 0.6) is 0 Å². The highest BCUT2D eigenvalue weighted by atomic mass is 35.5. The molecule has 0 N–H and O–H groups in total. The van der Waals surface area contributed by atoms with Gasteiger partial charge in [0.25, 0.3) is 0 Å². The van der Waals surface area contributed by atoms with Crippen LogP contribution >= 0.6 is 11.6 Å². The molecule has 8 heteroatoms. The van der Waals surface area contributed by atoms with Crippen molar-refractivity contribution in [2.75, 3.05) is 6.61 Å². The predicted molar refractivity (Wildman–Crippen MR) is 124 cm³/mol. The first-order chi connectivity index (χ1) is 16.0. The van der Waals surface area contributed by atoms with Crippen LogP contribution in [-0.2, 0) is 4.74 Å². The minimum atomic E-state index is -0.423. The molecule has 2 fully saturated rings. The third-order valence-corrected chi connectivity index (χ3v) is 6.71. The van der Waals surface area contributed by atoms with Crippen molar-refractivity contribution in [1.29, 1.82) is 0 Å². The van der Waals surface area contributed by atoms with Gasteiger partial charge in [-0.15, -0.1) is 0 Å². The summed E-state index contributed by atoms with van der Waals surface area (Å²) in [6.07, 6.45) is 9.70. The number of aryl methyl sites for hydroxylation is 1. The van der Waals surface area contributed by atoms with Gasteiger partial charge in [0.1, 0.15) is 17.0 Å². The maximum absolute atomic E-state index is 14.9. The summed E-state index contributed by atoms with van der Waals surface area (Å²) in [5, 5.41) is 4.87. The van der Waals surface area contributed by atoms with E-state index in [0.29, 0.717) is 40.0 Å². The third kappa shape index (κ3) is 4.00. The summed E-state index contributed by atoms with van der Waals surface area (Å²) < 4.78 is 23.0. The molecule has 33 heavy (non-hydrogen) atoms. The first kappa shape index (κ1) is 20.7. The first-order valence-corrected chi connectivity index (χ1v) is 11.7. The van der Waals surface area contributed by atoms with Crippen LogP contribution in [0, 0.1) is 12.7 Å². The largest absolute Gasteiger partial charge is 0.373 e. The van der Waals surface area contributed by atoms with E-state index in [4.69, 9.17) is 21.3 Å². The van der Waals surface area contributed by atoms with Crippen LogP contribution in [0.3, 0.4) is 0 Å². The topological polar surface area (TPSA) is 65.7 Å². The third-order valence-electron chi connectivity index (χ3n) is 6.47. The number of rotatable bonds is 4. The van der Waals surface area contributed by atoms with Crippen molar-refractivity contribution in [3.63, 3.8) is 0 Å². The average Bonchev–Trinajstić information content (AvgIpc) is 3.54. The molecular formula is C25H23ClFN5O. The highest BCUT2D eigenvalue weighted by Crippen LogP contribution is 2.40. The molecule has 0 unspecified atom stereocenters. The number of nitrogens with zero attached hydrogens (tertiary/aromatic N) is 5. The SMILES string of the molecule is Cc1cnc2c(-c3ccc(Cl)cc3F)nc([C@H]3CCO[C@H](c4cnn(C5CC5)c4)C3)cc2n1. The second-order valence-corrected chi connectivity index (χ2v) is 9.40. The van der Waals surface area contributed by atoms with E-state index in [-0.39, 0.29) is 12.0 Å². The van der Waals surface area contributed by atoms with Gasteiger partial charge in [-0.25, -0.2) is 14.4 Å². The summed E-state index contributed by atoms with van der Waals surface area (Å²) in [6, 6.07) is 7.17. The fourth-order valence-corrected chi connectivity index (χ4v) is 4.73. The van der Waals surface area contributed by atoms with Crippen LogP contribution in [0.25, 0.3) is 22.3 Å². The van der Waals surface area contributed by atoms with Crippen molar-refractivity contribution in [3.8, 4) is 11.3 Å². The maximum atomic E-state index is 14.9. The molecular weight excluding hydrogens is 441 g/mol. The lowest BCUT2D eigenvalue weighted by Gasteiger charge is -2.29. The normalized spacial score (nSPS) is 20.9. The minimum absolute atomic E-state index is 0.0342. The van der Waals surface area contributed by atoms with Crippen molar-refractivity contribution in [2.45, 2.75) is 50.7 Å². The number of ether oxygens (including phenoxy) is 1. The van der Waals surface area contributed by atoms with Crippen LogP contribution in [-0.4, -0.2) is 31.3 Å². The van der Waals surface area contributed by atoms with E-state index in [1.54, 1.807) is 18.3 Å². The Morgan fingerprint density at radius 3 is 2.82 bits per heavy atom. The van der Waals surface area contributed by atoms with Crippen LogP contribution in [0.4, 0.5) is 4.39 Å². The quantitative estimate of drug-likeness (QED) is 0.373. The van der Waals surface area contributed by atoms with E-state index >= 15 is 0 Å². The monoisotopic (exact) mass is 463 g/mol. The Bertz CT molecular complexity index is 1350. The summed E-state index contributed by atoms with van der Waals surface area (Å²) in [7, 11) is 0. The molecule has 1 aromatic carbocycles. The zero-order valence-electron chi connectivity index (χ0n) is 18.2. The van der Waals surface area contributed by atoms with Gasteiger partial charge >= 0.3 is 0 Å². The molecule has 1 aliphatic heterocycles. The Morgan fingerprint density at radius 1 is 1.12 bits per heavy atom. The fourth-order valence-electron chi connectivity index (χ4n) is 4.57. The summed E-state index contributed by atoms with van der Waals surface area (Å²) in [6.45, 7) is 2.53.